The van der Waals surface area contributed by atoms with Crippen LogP contribution in [0.1, 0.15) is 24.5 Å². The van der Waals surface area contributed by atoms with Crippen LogP contribution in [0, 0.1) is 12.8 Å². The molecule has 1 aliphatic heterocycles. The summed E-state index contributed by atoms with van der Waals surface area (Å²) in [6.07, 6.45) is 1.05. The summed E-state index contributed by atoms with van der Waals surface area (Å²) in [6.45, 7) is 7.21. The van der Waals surface area contributed by atoms with Crippen molar-refractivity contribution in [1.29, 1.82) is 0 Å². The molecule has 2 heterocycles. The average Bonchev–Trinajstić information content (AvgIpc) is 2.44. The van der Waals surface area contributed by atoms with Crippen molar-refractivity contribution in [2.75, 3.05) is 13.1 Å². The van der Waals surface area contributed by atoms with Crippen molar-refractivity contribution in [3.63, 3.8) is 0 Å². The molecule has 2 unspecified atom stereocenters. The highest BCUT2D eigenvalue weighted by atomic mass is 35.5. The Morgan fingerprint density at radius 3 is 2.95 bits per heavy atom. The van der Waals surface area contributed by atoms with E-state index in [0.29, 0.717) is 17.1 Å². The first-order chi connectivity index (χ1) is 10.0. The molecular weight excluding hydrogens is 282 g/mol. The zero-order valence-electron chi connectivity index (χ0n) is 12.6. The maximum absolute atomic E-state index is 6.38. The maximum atomic E-state index is 6.38. The van der Waals surface area contributed by atoms with Gasteiger partial charge in [-0.2, -0.15) is 0 Å². The SMILES string of the molecule is Cc1ccc2cc(CN3CCC(N)C(C)C3)c(Cl)nc2c1. The molecule has 0 bridgehead atoms. The number of hydrogen-bond acceptors (Lipinski definition) is 3. The number of pyridine rings is 1. The lowest BCUT2D eigenvalue weighted by molar-refractivity contribution is 0.158. The van der Waals surface area contributed by atoms with Gasteiger partial charge in [0.1, 0.15) is 5.15 Å². The number of nitrogens with zero attached hydrogens (tertiary/aromatic N) is 2. The Hall–Kier alpha value is -1.16. The van der Waals surface area contributed by atoms with E-state index in [1.165, 1.54) is 5.56 Å². The van der Waals surface area contributed by atoms with Crippen LogP contribution in [-0.2, 0) is 6.54 Å². The third kappa shape index (κ3) is 3.20. The van der Waals surface area contributed by atoms with Crippen LogP contribution in [0.5, 0.6) is 0 Å². The third-order valence-electron chi connectivity index (χ3n) is 4.45. The Balaban J connectivity index is 1.84. The van der Waals surface area contributed by atoms with E-state index in [9.17, 15) is 0 Å². The van der Waals surface area contributed by atoms with Gasteiger partial charge in [-0.15, -0.1) is 0 Å². The minimum absolute atomic E-state index is 0.328. The van der Waals surface area contributed by atoms with E-state index >= 15 is 0 Å². The molecule has 1 fully saturated rings. The topological polar surface area (TPSA) is 42.1 Å². The highest BCUT2D eigenvalue weighted by molar-refractivity contribution is 6.30. The van der Waals surface area contributed by atoms with Crippen molar-refractivity contribution < 1.29 is 0 Å². The van der Waals surface area contributed by atoms with E-state index in [4.69, 9.17) is 17.3 Å². The van der Waals surface area contributed by atoms with Crippen molar-refractivity contribution >= 4 is 22.5 Å². The van der Waals surface area contributed by atoms with E-state index < -0.39 is 0 Å². The number of benzene rings is 1. The summed E-state index contributed by atoms with van der Waals surface area (Å²) in [7, 11) is 0. The zero-order valence-corrected chi connectivity index (χ0v) is 13.4. The fourth-order valence-electron chi connectivity index (χ4n) is 3.04. The van der Waals surface area contributed by atoms with Crippen molar-refractivity contribution in [1.82, 2.24) is 9.88 Å². The van der Waals surface area contributed by atoms with E-state index in [1.54, 1.807) is 0 Å². The standard InChI is InChI=1S/C17H22ClN3/c1-11-3-4-13-8-14(17(18)20-16(13)7-11)10-21-6-5-15(19)12(2)9-21/h3-4,7-8,12,15H,5-6,9-10,19H2,1-2H3. The van der Waals surface area contributed by atoms with Gasteiger partial charge in [-0.25, -0.2) is 4.98 Å². The fraction of sp³-hybridized carbons (Fsp3) is 0.471. The molecule has 1 aliphatic rings. The van der Waals surface area contributed by atoms with Gasteiger partial charge in [0.15, 0.2) is 0 Å². The Labute approximate surface area is 131 Å². The molecule has 0 aliphatic carbocycles. The molecule has 0 amide bonds. The molecule has 1 aromatic heterocycles. The molecule has 112 valence electrons. The predicted molar refractivity (Wildman–Crippen MR) is 88.5 cm³/mol. The van der Waals surface area contributed by atoms with Crippen molar-refractivity contribution in [3.8, 4) is 0 Å². The second-order valence-electron chi connectivity index (χ2n) is 6.30. The molecule has 2 atom stereocenters. The number of aromatic nitrogens is 1. The molecule has 4 heteroatoms. The van der Waals surface area contributed by atoms with Crippen LogP contribution >= 0.6 is 11.6 Å². The largest absolute Gasteiger partial charge is 0.327 e. The van der Waals surface area contributed by atoms with Gasteiger partial charge in [-0.3, -0.25) is 4.90 Å². The first kappa shape index (κ1) is 14.8. The summed E-state index contributed by atoms with van der Waals surface area (Å²) in [5, 5.41) is 1.78. The van der Waals surface area contributed by atoms with Gasteiger partial charge < -0.3 is 5.73 Å². The van der Waals surface area contributed by atoms with E-state index in [0.717, 1.165) is 42.5 Å². The monoisotopic (exact) mass is 303 g/mol. The highest BCUT2D eigenvalue weighted by Crippen LogP contribution is 2.24. The van der Waals surface area contributed by atoms with Gasteiger partial charge in [0.2, 0.25) is 0 Å². The average molecular weight is 304 g/mol. The van der Waals surface area contributed by atoms with Gasteiger partial charge in [-0.05, 0) is 43.5 Å². The summed E-state index contributed by atoms with van der Waals surface area (Å²) >= 11 is 6.38. The Kier molecular flexibility index (Phi) is 4.16. The number of halogens is 1. The van der Waals surface area contributed by atoms with Gasteiger partial charge in [0.05, 0.1) is 5.52 Å². The van der Waals surface area contributed by atoms with E-state index in [2.05, 4.69) is 48.0 Å². The summed E-state index contributed by atoms with van der Waals surface area (Å²) < 4.78 is 0. The number of nitrogens with two attached hydrogens (primary N) is 1. The van der Waals surface area contributed by atoms with Gasteiger partial charge >= 0.3 is 0 Å². The summed E-state index contributed by atoms with van der Waals surface area (Å²) in [4.78, 5) is 6.98. The predicted octanol–water partition coefficient (Wildman–Crippen LogP) is 3.37. The summed E-state index contributed by atoms with van der Waals surface area (Å²) in [5.74, 6) is 0.536. The number of rotatable bonds is 2. The van der Waals surface area contributed by atoms with Crippen LogP contribution in [0.25, 0.3) is 10.9 Å². The number of aryl methyl sites for hydroxylation is 1. The van der Waals surface area contributed by atoms with Crippen molar-refractivity contribution in [3.05, 3.63) is 40.5 Å². The van der Waals surface area contributed by atoms with E-state index in [-0.39, 0.29) is 0 Å². The van der Waals surface area contributed by atoms with Crippen LogP contribution < -0.4 is 5.73 Å². The molecule has 1 aromatic carbocycles. The second kappa shape index (κ2) is 5.91. The lowest BCUT2D eigenvalue weighted by atomic mass is 9.94. The number of likely N-dealkylation sites (tertiary alicyclic amines) is 1. The Bertz CT molecular complexity index is 656. The molecule has 3 rings (SSSR count). The molecule has 2 aromatic rings. The Morgan fingerprint density at radius 1 is 1.38 bits per heavy atom. The summed E-state index contributed by atoms with van der Waals surface area (Å²) in [6, 6.07) is 8.81. The smallest absolute Gasteiger partial charge is 0.134 e. The van der Waals surface area contributed by atoms with Crippen molar-refractivity contribution in [2.45, 2.75) is 32.9 Å². The lowest BCUT2D eigenvalue weighted by Crippen LogP contribution is -2.45. The third-order valence-corrected chi connectivity index (χ3v) is 4.78. The molecule has 21 heavy (non-hydrogen) atoms. The van der Waals surface area contributed by atoms with E-state index in [1.807, 2.05) is 0 Å². The summed E-state index contributed by atoms with van der Waals surface area (Å²) in [5.41, 5.74) is 9.37. The number of piperidine rings is 1. The molecule has 2 N–H and O–H groups in total. The minimum Gasteiger partial charge on any atom is -0.327 e. The molecular formula is C17H22ClN3. The minimum atomic E-state index is 0.328. The fourth-order valence-corrected chi connectivity index (χ4v) is 3.25. The first-order valence-corrected chi connectivity index (χ1v) is 7.94. The van der Waals surface area contributed by atoms with Gasteiger partial charge in [0.25, 0.3) is 0 Å². The van der Waals surface area contributed by atoms with Crippen LogP contribution in [0.4, 0.5) is 0 Å². The number of fused-ring (bicyclic) bond motifs is 1. The number of hydrogen-bond donors (Lipinski definition) is 1. The van der Waals surface area contributed by atoms with Crippen LogP contribution in [-0.4, -0.2) is 29.0 Å². The quantitative estimate of drug-likeness (QED) is 0.865. The lowest BCUT2D eigenvalue weighted by Gasteiger charge is -2.35. The first-order valence-electron chi connectivity index (χ1n) is 7.56. The van der Waals surface area contributed by atoms with Gasteiger partial charge in [-0.1, -0.05) is 30.7 Å². The molecule has 0 saturated carbocycles. The second-order valence-corrected chi connectivity index (χ2v) is 6.66. The molecule has 0 radical (unpaired) electrons. The highest BCUT2D eigenvalue weighted by Gasteiger charge is 2.23. The van der Waals surface area contributed by atoms with Gasteiger partial charge in [0, 0.05) is 30.1 Å². The maximum Gasteiger partial charge on any atom is 0.134 e. The van der Waals surface area contributed by atoms with Crippen LogP contribution in [0.3, 0.4) is 0 Å². The van der Waals surface area contributed by atoms with Crippen LogP contribution in [0.15, 0.2) is 24.3 Å². The molecule has 0 spiro atoms. The zero-order chi connectivity index (χ0) is 15.0. The van der Waals surface area contributed by atoms with Crippen LogP contribution in [0.2, 0.25) is 5.15 Å². The molecule has 3 nitrogen and oxygen atoms in total. The molecule has 1 saturated heterocycles. The normalized spacial score (nSPS) is 23.6. The Morgan fingerprint density at radius 2 is 2.19 bits per heavy atom. The van der Waals surface area contributed by atoms with Crippen molar-refractivity contribution in [2.24, 2.45) is 11.7 Å².